The summed E-state index contributed by atoms with van der Waals surface area (Å²) >= 11 is 1.88. The van der Waals surface area contributed by atoms with Crippen LogP contribution >= 0.6 is 24.1 Å². The molecule has 76 heavy (non-hydrogen) atoms. The first kappa shape index (κ1) is 56.8. The molecule has 0 fully saturated rings. The molecule has 3 aliphatic rings. The van der Waals surface area contributed by atoms with Gasteiger partial charge in [-0.1, -0.05) is 66.4 Å². The molecule has 404 valence electrons. The number of fused-ring (bicyclic) bond motifs is 6. The summed E-state index contributed by atoms with van der Waals surface area (Å²) in [6, 6.07) is 26.3. The topological polar surface area (TPSA) is 242 Å². The molecule has 0 unspecified atom stereocenters. The first-order chi connectivity index (χ1) is 36.2. The van der Waals surface area contributed by atoms with E-state index in [1.54, 1.807) is 6.07 Å². The summed E-state index contributed by atoms with van der Waals surface area (Å²) in [6.45, 7) is 9.77. The monoisotopic (exact) mass is 1120 g/mol. The number of nitrogens with one attached hydrogen (secondary N) is 1. The lowest BCUT2D eigenvalue weighted by Gasteiger charge is -2.28. The van der Waals surface area contributed by atoms with E-state index in [1.807, 2.05) is 60.7 Å². The molecule has 0 radical (unpaired) electrons. The van der Waals surface area contributed by atoms with Gasteiger partial charge in [-0.3, -0.25) is 13.9 Å². The lowest BCUT2D eigenvalue weighted by atomic mass is 9.78. The smallest absolute Gasteiger partial charge is 0.303 e. The predicted octanol–water partition coefficient (Wildman–Crippen LogP) is 12.3. The van der Waals surface area contributed by atoms with Gasteiger partial charge in [0.15, 0.2) is 5.71 Å². The highest BCUT2D eigenvalue weighted by Crippen LogP contribution is 2.52. The maximum Gasteiger partial charge on any atom is 0.303 e. The van der Waals surface area contributed by atoms with Gasteiger partial charge in [-0.15, -0.1) is 8.67 Å². The molecule has 0 aromatic heterocycles. The minimum atomic E-state index is -4.44. The van der Waals surface area contributed by atoms with Crippen LogP contribution in [0.1, 0.15) is 95.8 Å². The molecule has 5 aromatic carbocycles. The first-order valence-corrected chi connectivity index (χ1v) is 29.6. The summed E-state index contributed by atoms with van der Waals surface area (Å²) in [5, 5.41) is 41.7. The Balaban J connectivity index is 1.23. The highest BCUT2D eigenvalue weighted by molar-refractivity contribution is 7.94. The minimum Gasteiger partial charge on any atom is -0.481 e. The number of allylic oxidation sites excluding steroid dienone is 7. The van der Waals surface area contributed by atoms with Crippen molar-refractivity contribution in [3.8, 4) is 0 Å². The van der Waals surface area contributed by atoms with Crippen LogP contribution < -0.4 is 10.2 Å². The van der Waals surface area contributed by atoms with Gasteiger partial charge in [0.1, 0.15) is 6.54 Å². The molecular formula is C55H62N3O14S4+. The van der Waals surface area contributed by atoms with Crippen molar-refractivity contribution in [2.75, 3.05) is 34.8 Å². The van der Waals surface area contributed by atoms with Crippen LogP contribution in [0.15, 0.2) is 142 Å². The lowest BCUT2D eigenvalue weighted by Crippen LogP contribution is -2.28. The van der Waals surface area contributed by atoms with E-state index >= 15 is 0 Å². The molecule has 1 aliphatic carbocycles. The minimum absolute atomic E-state index is 0.0145. The maximum atomic E-state index is 12.2. The Kier molecular flexibility index (Phi) is 18.0. The van der Waals surface area contributed by atoms with E-state index in [4.69, 9.17) is 14.8 Å². The van der Waals surface area contributed by atoms with E-state index in [-0.39, 0.29) is 23.5 Å². The van der Waals surface area contributed by atoms with Gasteiger partial charge in [0.2, 0.25) is 5.69 Å². The number of anilines is 2. The predicted molar refractivity (Wildman–Crippen MR) is 296 cm³/mol. The van der Waals surface area contributed by atoms with Crippen LogP contribution in [0.2, 0.25) is 0 Å². The SMILES string of the molecule is CC1(C)C(/C=C/C2=C(Nc3ccc(CCC(=O)O)cc3)C(=C/C=C3/N(CCCCSOOO)c4ccc5cc(S(=O)(=O)O)ccc5c4C3(C)C)/CCC2)=[N+](CCCCS(=O)(=O)O)c2ccc3cc(SOOO)ccc3c21. The van der Waals surface area contributed by atoms with Crippen LogP contribution in [0, 0.1) is 0 Å². The van der Waals surface area contributed by atoms with Gasteiger partial charge >= 0.3 is 5.97 Å². The van der Waals surface area contributed by atoms with E-state index in [0.717, 1.165) is 139 Å². The highest BCUT2D eigenvalue weighted by atomic mass is 32.2. The quantitative estimate of drug-likeness (QED) is 0.00840. The molecule has 0 amide bonds. The fourth-order valence-electron chi connectivity index (χ4n) is 10.9. The fourth-order valence-corrected chi connectivity index (χ4v) is 12.8. The summed E-state index contributed by atoms with van der Waals surface area (Å²) in [7, 11) is -8.59. The Bertz CT molecular complexity index is 3410. The van der Waals surface area contributed by atoms with E-state index in [2.05, 4.69) is 87.3 Å². The normalized spacial score (nSPS) is 17.5. The Morgan fingerprint density at radius 2 is 1.51 bits per heavy atom. The molecule has 21 heteroatoms. The largest absolute Gasteiger partial charge is 0.481 e. The average molecular weight is 1120 g/mol. The summed E-state index contributed by atoms with van der Waals surface area (Å²) in [5.41, 5.74) is 9.69. The van der Waals surface area contributed by atoms with Crippen LogP contribution in [0.4, 0.5) is 17.1 Å². The zero-order valence-corrected chi connectivity index (χ0v) is 45.8. The van der Waals surface area contributed by atoms with Gasteiger partial charge < -0.3 is 15.3 Å². The molecule has 0 bridgehead atoms. The molecule has 2 heterocycles. The lowest BCUT2D eigenvalue weighted by molar-refractivity contribution is -0.438. The summed E-state index contributed by atoms with van der Waals surface area (Å²) in [5.74, 6) is -0.643. The number of aliphatic carboxylic acids is 1. The number of hydrogen-bond acceptors (Lipinski definition) is 15. The number of carboxylic acids is 1. The molecule has 17 nitrogen and oxygen atoms in total. The van der Waals surface area contributed by atoms with Crippen LogP contribution in [0.25, 0.3) is 21.5 Å². The van der Waals surface area contributed by atoms with Crippen molar-refractivity contribution < 1.29 is 69.7 Å². The number of benzene rings is 5. The summed E-state index contributed by atoms with van der Waals surface area (Å²) in [4.78, 5) is 14.2. The van der Waals surface area contributed by atoms with Crippen LogP contribution in [0.3, 0.4) is 0 Å². The van der Waals surface area contributed by atoms with Crippen molar-refractivity contribution in [1.29, 1.82) is 0 Å². The Hall–Kier alpha value is -5.40. The van der Waals surface area contributed by atoms with E-state index in [1.165, 1.54) is 12.1 Å². The van der Waals surface area contributed by atoms with Crippen LogP contribution in [0.5, 0.6) is 0 Å². The standard InChI is InChI=1S/C55H61N3O14S4/c1-54(2)49(58(31-6-8-33-75(63,64)65)46-25-15-39-34-42(74-72-70-62)21-23-44(39)51(46)54)28-18-38-11-9-10-37(53(38)56-41-19-12-36(13-20-41)14-29-50(59)60)17-27-48-55(3,4)52-45-24-22-43(76(66,67)68)35-40(45)16-26-47(52)57(48)30-5-7-32-73-71-69-61/h12-13,15-28,34-35H,5-11,14,29-33H2,1-4H3,(H5,59,60,61,62,63,64,65,66,67,68)/p+1/b37-17+,48-27+. The van der Waals surface area contributed by atoms with Gasteiger partial charge in [-0.2, -0.15) is 21.4 Å². The molecule has 0 spiro atoms. The third-order valence-corrected chi connectivity index (χ3v) is 17.2. The first-order valence-electron chi connectivity index (χ1n) is 24.9. The van der Waals surface area contributed by atoms with E-state index in [0.29, 0.717) is 37.1 Å². The van der Waals surface area contributed by atoms with Gasteiger partial charge in [0.25, 0.3) is 20.2 Å². The van der Waals surface area contributed by atoms with E-state index < -0.39 is 37.0 Å². The van der Waals surface area contributed by atoms with Crippen molar-refractivity contribution in [3.63, 3.8) is 0 Å². The number of carbonyl (C=O) groups is 1. The summed E-state index contributed by atoms with van der Waals surface area (Å²) in [6.07, 6.45) is 13.7. The molecule has 0 saturated carbocycles. The third kappa shape index (κ3) is 12.9. The molecule has 5 aromatic rings. The van der Waals surface area contributed by atoms with Gasteiger partial charge in [-0.05, 0) is 157 Å². The van der Waals surface area contributed by atoms with E-state index in [9.17, 15) is 35.8 Å². The molecule has 0 saturated heterocycles. The van der Waals surface area contributed by atoms with Crippen LogP contribution in [-0.2, 0) is 61.0 Å². The average Bonchev–Trinajstić information content (AvgIpc) is 3.77. The second kappa shape index (κ2) is 24.1. The highest BCUT2D eigenvalue weighted by Gasteiger charge is 2.46. The number of rotatable bonds is 24. The number of aryl methyl sites for hydroxylation is 1. The van der Waals surface area contributed by atoms with Crippen molar-refractivity contribution in [2.45, 2.75) is 106 Å². The number of hydrogen-bond donors (Lipinski definition) is 6. The second-order valence-corrected chi connectivity index (χ2v) is 24.6. The zero-order chi connectivity index (χ0) is 54.4. The Labute approximate surface area is 451 Å². The third-order valence-electron chi connectivity index (χ3n) is 14.3. The molecule has 2 aliphatic heterocycles. The Morgan fingerprint density at radius 1 is 0.789 bits per heavy atom. The molecular weight excluding hydrogens is 1050 g/mol. The summed E-state index contributed by atoms with van der Waals surface area (Å²) < 4.78 is 79.0. The van der Waals surface area contributed by atoms with Crippen molar-refractivity contribution in [3.05, 3.63) is 148 Å². The van der Waals surface area contributed by atoms with Crippen molar-refractivity contribution in [2.24, 2.45) is 0 Å². The van der Waals surface area contributed by atoms with Gasteiger partial charge in [0.05, 0.1) is 28.1 Å². The number of carboxylic acid groups (broad SMARTS) is 1. The van der Waals surface area contributed by atoms with Crippen molar-refractivity contribution >= 4 is 94.6 Å². The molecule has 6 N–H and O–H groups in total. The zero-order valence-electron chi connectivity index (χ0n) is 42.5. The van der Waals surface area contributed by atoms with Crippen LogP contribution in [-0.4, -0.2) is 82.4 Å². The van der Waals surface area contributed by atoms with Gasteiger partial charge in [-0.25, -0.2) is 10.5 Å². The molecule has 0 atom stereocenters. The van der Waals surface area contributed by atoms with Gasteiger partial charge in [0, 0.05) is 88.0 Å². The maximum absolute atomic E-state index is 12.2. The van der Waals surface area contributed by atoms with Crippen molar-refractivity contribution in [1.82, 2.24) is 0 Å². The number of nitrogens with zero attached hydrogens (tertiary/aromatic N) is 2. The molecule has 8 rings (SSSR count). The Morgan fingerprint density at radius 3 is 2.24 bits per heavy atom. The number of unbranched alkanes of at least 4 members (excludes halogenated alkanes) is 2. The second-order valence-electron chi connectivity index (χ2n) is 20.0. The fraction of sp³-hybridized carbons (Fsp3) is 0.345.